The maximum Gasteiger partial charge on any atom is 0.293 e. The van der Waals surface area contributed by atoms with Gasteiger partial charge in [-0.25, -0.2) is 0 Å². The van der Waals surface area contributed by atoms with Gasteiger partial charge in [0, 0.05) is 5.56 Å². The number of hydrogen-bond donors (Lipinski definition) is 1. The minimum atomic E-state index is -0.422. The van der Waals surface area contributed by atoms with Gasteiger partial charge in [0.2, 0.25) is 0 Å². The number of ether oxygens (including phenoxy) is 1. The summed E-state index contributed by atoms with van der Waals surface area (Å²) >= 11 is 0.844. The molecule has 0 aromatic heterocycles. The van der Waals surface area contributed by atoms with E-state index in [-0.39, 0.29) is 17.2 Å². The van der Waals surface area contributed by atoms with Crippen molar-refractivity contribution in [2.75, 3.05) is 6.61 Å². The van der Waals surface area contributed by atoms with Crippen LogP contribution in [0.5, 0.6) is 11.5 Å². The number of benzene rings is 2. The van der Waals surface area contributed by atoms with Crippen molar-refractivity contribution in [3.05, 3.63) is 76.2 Å². The van der Waals surface area contributed by atoms with Gasteiger partial charge in [-0.05, 0) is 60.5 Å². The highest BCUT2D eigenvalue weighted by Crippen LogP contribution is 2.37. The molecule has 0 spiro atoms. The van der Waals surface area contributed by atoms with Crippen LogP contribution in [-0.4, -0.2) is 27.8 Å². The molecule has 0 bridgehead atoms. The third-order valence-electron chi connectivity index (χ3n) is 4.48. The van der Waals surface area contributed by atoms with Gasteiger partial charge in [-0.15, -0.1) is 6.58 Å². The van der Waals surface area contributed by atoms with Gasteiger partial charge in [0.1, 0.15) is 0 Å². The average Bonchev–Trinajstić information content (AvgIpc) is 2.99. The lowest BCUT2D eigenvalue weighted by atomic mass is 10.0. The number of allylic oxidation sites excluding steroid dienone is 1. The van der Waals surface area contributed by atoms with Crippen molar-refractivity contribution in [2.45, 2.75) is 19.9 Å². The van der Waals surface area contributed by atoms with Crippen LogP contribution >= 0.6 is 11.8 Å². The van der Waals surface area contributed by atoms with E-state index in [1.165, 1.54) is 0 Å². The number of rotatable bonds is 7. The Morgan fingerprint density at radius 3 is 2.73 bits per heavy atom. The zero-order valence-corrected chi connectivity index (χ0v) is 17.2. The number of amides is 2. The lowest BCUT2D eigenvalue weighted by Gasteiger charge is -2.13. The SMILES string of the molecule is C=CCc1cc(/C=C2/SC(=O)N(Cc3ccccc3C#N)C2=O)cc(OCC)c1O. The second-order valence-electron chi connectivity index (χ2n) is 6.49. The number of imide groups is 1. The minimum absolute atomic E-state index is 0.0349. The summed E-state index contributed by atoms with van der Waals surface area (Å²) in [6.45, 7) is 5.91. The molecule has 1 heterocycles. The largest absolute Gasteiger partial charge is 0.504 e. The second-order valence-corrected chi connectivity index (χ2v) is 7.48. The molecule has 0 radical (unpaired) electrons. The molecule has 3 rings (SSSR count). The Morgan fingerprint density at radius 2 is 2.03 bits per heavy atom. The van der Waals surface area contributed by atoms with Crippen LogP contribution in [-0.2, 0) is 17.8 Å². The van der Waals surface area contributed by atoms with Crippen LogP contribution in [0.3, 0.4) is 0 Å². The Balaban J connectivity index is 1.91. The Labute approximate surface area is 179 Å². The van der Waals surface area contributed by atoms with Crippen molar-refractivity contribution in [1.29, 1.82) is 5.26 Å². The molecule has 0 unspecified atom stereocenters. The molecule has 0 aliphatic carbocycles. The number of hydrogen-bond acceptors (Lipinski definition) is 6. The van der Waals surface area contributed by atoms with E-state index in [9.17, 15) is 20.0 Å². The molecular formula is C23H20N2O4S. The predicted molar refractivity (Wildman–Crippen MR) is 116 cm³/mol. The molecule has 0 saturated carbocycles. The van der Waals surface area contributed by atoms with E-state index in [0.717, 1.165) is 16.7 Å². The van der Waals surface area contributed by atoms with Crippen LogP contribution in [0.25, 0.3) is 6.08 Å². The van der Waals surface area contributed by atoms with Gasteiger partial charge in [0.25, 0.3) is 11.1 Å². The van der Waals surface area contributed by atoms with E-state index in [4.69, 9.17) is 4.74 Å². The molecule has 1 aliphatic rings. The normalized spacial score (nSPS) is 14.8. The van der Waals surface area contributed by atoms with E-state index in [1.807, 2.05) is 6.92 Å². The van der Waals surface area contributed by atoms with Gasteiger partial charge in [0.15, 0.2) is 11.5 Å². The molecular weight excluding hydrogens is 400 g/mol. The molecule has 2 aromatic rings. The Hall–Kier alpha value is -3.50. The smallest absolute Gasteiger partial charge is 0.293 e. The first-order valence-corrected chi connectivity index (χ1v) is 10.1. The fraction of sp³-hybridized carbons (Fsp3) is 0.174. The molecule has 1 saturated heterocycles. The van der Waals surface area contributed by atoms with E-state index >= 15 is 0 Å². The monoisotopic (exact) mass is 420 g/mol. The number of thioether (sulfide) groups is 1. The van der Waals surface area contributed by atoms with Gasteiger partial charge in [-0.2, -0.15) is 5.26 Å². The predicted octanol–water partition coefficient (Wildman–Crippen LogP) is 4.63. The Bertz CT molecular complexity index is 1090. The number of nitrogens with zero attached hydrogens (tertiary/aromatic N) is 2. The molecule has 0 atom stereocenters. The van der Waals surface area contributed by atoms with Crippen LogP contribution in [0, 0.1) is 11.3 Å². The molecule has 1 N–H and O–H groups in total. The number of carbonyl (C=O) groups excluding carboxylic acids is 2. The van der Waals surface area contributed by atoms with Crippen LogP contribution in [0.1, 0.15) is 29.2 Å². The summed E-state index contributed by atoms with van der Waals surface area (Å²) in [7, 11) is 0. The minimum Gasteiger partial charge on any atom is -0.504 e. The van der Waals surface area contributed by atoms with Crippen molar-refractivity contribution < 1.29 is 19.4 Å². The van der Waals surface area contributed by atoms with Gasteiger partial charge >= 0.3 is 0 Å². The highest BCUT2D eigenvalue weighted by molar-refractivity contribution is 8.18. The topological polar surface area (TPSA) is 90.6 Å². The fourth-order valence-corrected chi connectivity index (χ4v) is 3.91. The van der Waals surface area contributed by atoms with Gasteiger partial charge in [-0.3, -0.25) is 14.5 Å². The zero-order chi connectivity index (χ0) is 21.7. The maximum absolute atomic E-state index is 12.8. The standard InChI is InChI=1S/C23H20N2O4S/c1-3-7-16-10-15(11-19(21(16)26)29-4-2)12-20-22(27)25(23(28)30-20)14-18-9-6-5-8-17(18)13-24/h3,5-6,8-12,26H,1,4,7,14H2,2H3/b20-12+. The fourth-order valence-electron chi connectivity index (χ4n) is 3.07. The summed E-state index contributed by atoms with van der Waals surface area (Å²) < 4.78 is 5.49. The second kappa shape index (κ2) is 9.33. The lowest BCUT2D eigenvalue weighted by molar-refractivity contribution is -0.123. The van der Waals surface area contributed by atoms with E-state index in [2.05, 4.69) is 12.6 Å². The van der Waals surface area contributed by atoms with Crippen LogP contribution in [0.4, 0.5) is 4.79 Å². The molecule has 7 heteroatoms. The van der Waals surface area contributed by atoms with E-state index in [0.29, 0.717) is 41.0 Å². The Morgan fingerprint density at radius 1 is 1.27 bits per heavy atom. The summed E-state index contributed by atoms with van der Waals surface area (Å²) in [5.74, 6) is -0.0746. The molecule has 1 fully saturated rings. The summed E-state index contributed by atoms with van der Waals surface area (Å²) in [6.07, 6.45) is 3.70. The molecule has 6 nitrogen and oxygen atoms in total. The number of phenolic OH excluding ortho intramolecular Hbond substituents is 1. The lowest BCUT2D eigenvalue weighted by Crippen LogP contribution is -2.27. The molecule has 152 valence electrons. The number of aromatic hydroxyl groups is 1. The first-order chi connectivity index (χ1) is 14.5. The third kappa shape index (κ3) is 4.39. The van der Waals surface area contributed by atoms with Crippen LogP contribution in [0.15, 0.2) is 54.0 Å². The average molecular weight is 420 g/mol. The number of nitriles is 1. The van der Waals surface area contributed by atoms with Crippen molar-refractivity contribution in [1.82, 2.24) is 4.90 Å². The molecule has 2 aromatic carbocycles. The number of phenols is 1. The van der Waals surface area contributed by atoms with E-state index < -0.39 is 11.1 Å². The zero-order valence-electron chi connectivity index (χ0n) is 16.4. The first-order valence-electron chi connectivity index (χ1n) is 9.31. The van der Waals surface area contributed by atoms with Gasteiger partial charge < -0.3 is 9.84 Å². The summed E-state index contributed by atoms with van der Waals surface area (Å²) in [5, 5.41) is 19.2. The molecule has 2 amide bonds. The highest BCUT2D eigenvalue weighted by Gasteiger charge is 2.35. The quantitative estimate of drug-likeness (QED) is 0.519. The van der Waals surface area contributed by atoms with Gasteiger partial charge in [-0.1, -0.05) is 24.3 Å². The third-order valence-corrected chi connectivity index (χ3v) is 5.39. The highest BCUT2D eigenvalue weighted by atomic mass is 32.2. The van der Waals surface area contributed by atoms with Crippen LogP contribution < -0.4 is 4.74 Å². The first kappa shape index (κ1) is 21.2. The molecule has 30 heavy (non-hydrogen) atoms. The van der Waals surface area contributed by atoms with Crippen molar-refractivity contribution in [3.63, 3.8) is 0 Å². The number of carbonyl (C=O) groups is 2. The van der Waals surface area contributed by atoms with Gasteiger partial charge in [0.05, 0.1) is 29.7 Å². The van der Waals surface area contributed by atoms with Crippen molar-refractivity contribution >= 4 is 29.0 Å². The summed E-state index contributed by atoms with van der Waals surface area (Å²) in [4.78, 5) is 26.7. The van der Waals surface area contributed by atoms with E-state index in [1.54, 1.807) is 48.6 Å². The van der Waals surface area contributed by atoms with Crippen molar-refractivity contribution in [3.8, 4) is 17.6 Å². The van der Waals surface area contributed by atoms with Crippen LogP contribution in [0.2, 0.25) is 0 Å². The summed E-state index contributed by atoms with van der Waals surface area (Å²) in [5.41, 5.74) is 2.29. The Kier molecular flexibility index (Phi) is 6.60. The molecule has 1 aliphatic heterocycles. The maximum atomic E-state index is 12.8. The van der Waals surface area contributed by atoms with Crippen molar-refractivity contribution in [2.24, 2.45) is 0 Å². The summed E-state index contributed by atoms with van der Waals surface area (Å²) in [6, 6.07) is 12.3.